The monoisotopic (exact) mass is 364 g/mol. The molecule has 0 bridgehead atoms. The van der Waals surface area contributed by atoms with Gasteiger partial charge in [-0.1, -0.05) is 12.1 Å². The van der Waals surface area contributed by atoms with Gasteiger partial charge in [-0.25, -0.2) is 4.98 Å². The van der Waals surface area contributed by atoms with E-state index in [1.807, 2.05) is 41.9 Å². The number of aliphatic hydroxyl groups excluding tert-OH is 1. The molecule has 0 radical (unpaired) electrons. The molecule has 0 saturated heterocycles. The second-order valence-corrected chi connectivity index (χ2v) is 6.28. The third-order valence-electron chi connectivity index (χ3n) is 4.79. The highest BCUT2D eigenvalue weighted by atomic mass is 16.5. The van der Waals surface area contributed by atoms with Crippen LogP contribution in [0.5, 0.6) is 11.5 Å². The lowest BCUT2D eigenvalue weighted by molar-refractivity contribution is 0.355. The zero-order valence-corrected chi connectivity index (χ0v) is 15.4. The van der Waals surface area contributed by atoms with Gasteiger partial charge in [0.05, 0.1) is 37.4 Å². The van der Waals surface area contributed by atoms with Crippen LogP contribution in [0.25, 0.3) is 16.6 Å². The van der Waals surface area contributed by atoms with E-state index >= 15 is 0 Å². The molecule has 0 amide bonds. The number of nitrogens with zero attached hydrogens (tertiary/aromatic N) is 3. The van der Waals surface area contributed by atoms with Gasteiger partial charge in [-0.15, -0.1) is 0 Å². The van der Waals surface area contributed by atoms with Crippen molar-refractivity contribution in [1.29, 1.82) is 5.41 Å². The molecule has 0 saturated carbocycles. The van der Waals surface area contributed by atoms with E-state index in [0.29, 0.717) is 22.9 Å². The summed E-state index contributed by atoms with van der Waals surface area (Å²) < 4.78 is 12.5. The predicted octanol–water partition coefficient (Wildman–Crippen LogP) is 3.36. The first kappa shape index (κ1) is 17.0. The van der Waals surface area contributed by atoms with Gasteiger partial charge in [0.15, 0.2) is 11.5 Å². The number of benzene rings is 2. The Labute approximate surface area is 156 Å². The predicted molar refractivity (Wildman–Crippen MR) is 105 cm³/mol. The molecule has 27 heavy (non-hydrogen) atoms. The third-order valence-corrected chi connectivity index (χ3v) is 4.79. The summed E-state index contributed by atoms with van der Waals surface area (Å²) in [6.07, 6.45) is 0. The Hall–Kier alpha value is -3.48. The van der Waals surface area contributed by atoms with Crippen molar-refractivity contribution in [2.45, 2.75) is 0 Å². The lowest BCUT2D eigenvalue weighted by Gasteiger charge is -2.20. The summed E-state index contributed by atoms with van der Waals surface area (Å²) in [6.45, 7) is 0.201. The van der Waals surface area contributed by atoms with Gasteiger partial charge >= 0.3 is 0 Å². The minimum Gasteiger partial charge on any atom is -0.509 e. The van der Waals surface area contributed by atoms with Gasteiger partial charge < -0.3 is 24.0 Å². The molecule has 138 valence electrons. The van der Waals surface area contributed by atoms with Crippen molar-refractivity contribution in [1.82, 2.24) is 9.55 Å². The molecule has 0 atom stereocenters. The average molecular weight is 364 g/mol. The molecule has 7 nitrogen and oxygen atoms in total. The van der Waals surface area contributed by atoms with Crippen LogP contribution >= 0.6 is 0 Å². The molecule has 1 aliphatic rings. The quantitative estimate of drug-likeness (QED) is 0.742. The first-order valence-electron chi connectivity index (χ1n) is 8.47. The molecule has 1 aliphatic heterocycles. The SMILES string of the molecule is COc1ccc(N2CC(O)=C(c3nc4ccccc4n3C)C2=N)cc1OC. The van der Waals surface area contributed by atoms with Crippen molar-refractivity contribution >= 4 is 28.1 Å². The van der Waals surface area contributed by atoms with Crippen LogP contribution in [0.15, 0.2) is 48.2 Å². The number of amidine groups is 1. The van der Waals surface area contributed by atoms with E-state index in [0.717, 1.165) is 16.7 Å². The van der Waals surface area contributed by atoms with Gasteiger partial charge in [-0.2, -0.15) is 0 Å². The van der Waals surface area contributed by atoms with Crippen LogP contribution in [-0.4, -0.2) is 41.3 Å². The Kier molecular flexibility index (Phi) is 3.99. The number of hydrogen-bond acceptors (Lipinski definition) is 5. The summed E-state index contributed by atoms with van der Waals surface area (Å²) in [7, 11) is 5.03. The summed E-state index contributed by atoms with van der Waals surface area (Å²) >= 11 is 0. The van der Waals surface area contributed by atoms with Crippen LogP contribution in [0.1, 0.15) is 5.82 Å². The molecule has 0 fully saturated rings. The fourth-order valence-corrected chi connectivity index (χ4v) is 3.40. The van der Waals surface area contributed by atoms with E-state index in [4.69, 9.17) is 14.9 Å². The highest BCUT2D eigenvalue weighted by molar-refractivity contribution is 6.30. The maximum Gasteiger partial charge on any atom is 0.162 e. The summed E-state index contributed by atoms with van der Waals surface area (Å²) in [4.78, 5) is 6.33. The van der Waals surface area contributed by atoms with Crippen LogP contribution in [0, 0.1) is 5.41 Å². The van der Waals surface area contributed by atoms with Crippen LogP contribution < -0.4 is 14.4 Å². The smallest absolute Gasteiger partial charge is 0.162 e. The Morgan fingerprint density at radius 3 is 2.52 bits per heavy atom. The van der Waals surface area contributed by atoms with Crippen molar-refractivity contribution in [2.75, 3.05) is 25.7 Å². The largest absolute Gasteiger partial charge is 0.509 e. The van der Waals surface area contributed by atoms with E-state index in [-0.39, 0.29) is 18.1 Å². The van der Waals surface area contributed by atoms with Gasteiger partial charge in [0.2, 0.25) is 0 Å². The first-order chi connectivity index (χ1) is 13.0. The molecule has 2 aromatic carbocycles. The van der Waals surface area contributed by atoms with E-state index in [1.54, 1.807) is 31.3 Å². The Morgan fingerprint density at radius 2 is 1.81 bits per heavy atom. The van der Waals surface area contributed by atoms with Crippen molar-refractivity contribution < 1.29 is 14.6 Å². The Bertz CT molecular complexity index is 1080. The Morgan fingerprint density at radius 1 is 1.07 bits per heavy atom. The minimum absolute atomic E-state index is 0.119. The molecule has 0 unspecified atom stereocenters. The van der Waals surface area contributed by atoms with Crippen LogP contribution in [0.4, 0.5) is 5.69 Å². The van der Waals surface area contributed by atoms with E-state index < -0.39 is 0 Å². The fourth-order valence-electron chi connectivity index (χ4n) is 3.40. The number of imidazole rings is 1. The maximum absolute atomic E-state index is 10.6. The number of rotatable bonds is 4. The van der Waals surface area contributed by atoms with Gasteiger partial charge in [0, 0.05) is 18.8 Å². The second-order valence-electron chi connectivity index (χ2n) is 6.28. The normalized spacial score (nSPS) is 14.3. The molecule has 2 heterocycles. The molecule has 7 heteroatoms. The van der Waals surface area contributed by atoms with Crippen molar-refractivity contribution in [3.05, 3.63) is 54.0 Å². The third kappa shape index (κ3) is 2.59. The number of nitrogens with one attached hydrogen (secondary N) is 1. The number of ether oxygens (including phenoxy) is 2. The summed E-state index contributed by atoms with van der Waals surface area (Å²) in [5.41, 5.74) is 2.94. The fraction of sp³-hybridized carbons (Fsp3) is 0.200. The average Bonchev–Trinajstić information content (AvgIpc) is 3.17. The number of aliphatic hydroxyl groups is 1. The van der Waals surface area contributed by atoms with E-state index in [2.05, 4.69) is 4.98 Å². The van der Waals surface area contributed by atoms with Gasteiger partial charge in [0.25, 0.3) is 0 Å². The van der Waals surface area contributed by atoms with Gasteiger partial charge in [0.1, 0.15) is 17.4 Å². The van der Waals surface area contributed by atoms with Crippen molar-refractivity contribution in [3.63, 3.8) is 0 Å². The molecule has 1 aromatic heterocycles. The molecular weight excluding hydrogens is 344 g/mol. The topological polar surface area (TPSA) is 83.6 Å². The number of aryl methyl sites for hydroxylation is 1. The molecule has 0 spiro atoms. The molecule has 4 rings (SSSR count). The summed E-state index contributed by atoms with van der Waals surface area (Å²) in [5.74, 6) is 2.06. The van der Waals surface area contributed by atoms with Gasteiger partial charge in [-0.3, -0.25) is 5.41 Å². The molecule has 2 N–H and O–H groups in total. The number of aromatic nitrogens is 2. The number of hydrogen-bond donors (Lipinski definition) is 2. The number of para-hydroxylation sites is 2. The molecule has 3 aromatic rings. The maximum atomic E-state index is 10.6. The number of anilines is 1. The highest BCUT2D eigenvalue weighted by Crippen LogP contribution is 2.36. The van der Waals surface area contributed by atoms with E-state index in [9.17, 15) is 5.11 Å². The van der Waals surface area contributed by atoms with Crippen LogP contribution in [-0.2, 0) is 7.05 Å². The van der Waals surface area contributed by atoms with Gasteiger partial charge in [-0.05, 0) is 24.3 Å². The van der Waals surface area contributed by atoms with E-state index in [1.165, 1.54) is 0 Å². The molecular formula is C20H20N4O3. The second kappa shape index (κ2) is 6.35. The summed E-state index contributed by atoms with van der Waals surface area (Å²) in [5, 5.41) is 19.3. The lowest BCUT2D eigenvalue weighted by atomic mass is 10.2. The number of fused-ring (bicyclic) bond motifs is 1. The minimum atomic E-state index is 0.119. The highest BCUT2D eigenvalue weighted by Gasteiger charge is 2.32. The zero-order valence-electron chi connectivity index (χ0n) is 15.4. The lowest BCUT2D eigenvalue weighted by Crippen LogP contribution is -2.26. The van der Waals surface area contributed by atoms with Crippen molar-refractivity contribution in [3.8, 4) is 11.5 Å². The number of methoxy groups -OCH3 is 2. The van der Waals surface area contributed by atoms with Crippen molar-refractivity contribution in [2.24, 2.45) is 7.05 Å². The summed E-state index contributed by atoms with van der Waals surface area (Å²) in [6, 6.07) is 13.2. The zero-order chi connectivity index (χ0) is 19.1. The van der Waals surface area contributed by atoms with Crippen LogP contribution in [0.3, 0.4) is 0 Å². The molecule has 0 aliphatic carbocycles. The van der Waals surface area contributed by atoms with Crippen LogP contribution in [0.2, 0.25) is 0 Å². The Balaban J connectivity index is 1.74. The standard InChI is InChI=1S/C20H20N4O3/c1-23-14-7-5-4-6-13(14)22-20(23)18-15(25)11-24(19(18)21)12-8-9-16(26-2)17(10-12)27-3/h4-10,21,25H,11H2,1-3H3. The first-order valence-corrected chi connectivity index (χ1v) is 8.47.